The number of alkyl carbamates (subject to hydrolysis) is 1. The zero-order valence-electron chi connectivity index (χ0n) is 22.6. The normalized spacial score (nSPS) is 20.1. The number of halogens is 3. The second kappa shape index (κ2) is 11.0. The first kappa shape index (κ1) is 29.2. The Balaban J connectivity index is 1.51. The van der Waals surface area contributed by atoms with Gasteiger partial charge in [0.1, 0.15) is 17.7 Å². The van der Waals surface area contributed by atoms with Crippen LogP contribution in [0.5, 0.6) is 0 Å². The highest BCUT2D eigenvalue weighted by Gasteiger charge is 2.57. The summed E-state index contributed by atoms with van der Waals surface area (Å²) in [4.78, 5) is 38.9. The molecule has 0 bridgehead atoms. The fourth-order valence-electron chi connectivity index (χ4n) is 5.43. The van der Waals surface area contributed by atoms with Gasteiger partial charge in [-0.2, -0.15) is 13.2 Å². The Labute approximate surface area is 230 Å². The molecule has 0 saturated heterocycles. The molecule has 2 aromatic carbocycles. The molecule has 11 heteroatoms. The monoisotopic (exact) mass is 562 g/mol. The lowest BCUT2D eigenvalue weighted by Gasteiger charge is -2.50. The van der Waals surface area contributed by atoms with Gasteiger partial charge in [0, 0.05) is 37.8 Å². The lowest BCUT2D eigenvalue weighted by Crippen LogP contribution is -2.69. The van der Waals surface area contributed by atoms with E-state index in [9.17, 15) is 32.7 Å². The first-order chi connectivity index (χ1) is 18.7. The van der Waals surface area contributed by atoms with E-state index in [1.807, 2.05) is 48.5 Å². The number of carbonyl (C=O) groups excluding carboxylic acids is 2. The summed E-state index contributed by atoms with van der Waals surface area (Å²) in [5.74, 6) is -1.69. The quantitative estimate of drug-likeness (QED) is 0.404. The molecule has 2 aromatic rings. The van der Waals surface area contributed by atoms with E-state index in [4.69, 9.17) is 9.47 Å². The number of fused-ring (bicyclic) bond motifs is 3. The van der Waals surface area contributed by atoms with Gasteiger partial charge >= 0.3 is 24.3 Å². The van der Waals surface area contributed by atoms with Gasteiger partial charge in [0.05, 0.1) is 0 Å². The number of hydrogen-bond acceptors (Lipinski definition) is 5. The van der Waals surface area contributed by atoms with Gasteiger partial charge < -0.3 is 19.9 Å². The summed E-state index contributed by atoms with van der Waals surface area (Å²) in [5, 5.41) is 12.7. The Morgan fingerprint density at radius 1 is 1.00 bits per heavy atom. The average Bonchev–Trinajstić information content (AvgIpc) is 3.14. The van der Waals surface area contributed by atoms with Crippen LogP contribution in [0.2, 0.25) is 0 Å². The van der Waals surface area contributed by atoms with Crippen molar-refractivity contribution < 1.29 is 42.1 Å². The highest BCUT2D eigenvalue weighted by Crippen LogP contribution is 2.45. The maximum absolute atomic E-state index is 13.4. The molecule has 0 aliphatic heterocycles. The Hall–Kier alpha value is -3.76. The lowest BCUT2D eigenvalue weighted by molar-refractivity contribution is -0.160. The number of rotatable bonds is 8. The van der Waals surface area contributed by atoms with Crippen molar-refractivity contribution in [3.8, 4) is 11.1 Å². The Morgan fingerprint density at radius 2 is 1.55 bits per heavy atom. The fourth-order valence-corrected chi connectivity index (χ4v) is 5.43. The number of carbonyl (C=O) groups is 3. The molecular formula is C29H33F3N2O6. The summed E-state index contributed by atoms with van der Waals surface area (Å²) in [6, 6.07) is 14.7. The number of alkyl halides is 3. The topological polar surface area (TPSA) is 105 Å². The first-order valence-corrected chi connectivity index (χ1v) is 13.1. The van der Waals surface area contributed by atoms with Gasteiger partial charge in [-0.3, -0.25) is 4.90 Å². The van der Waals surface area contributed by atoms with Gasteiger partial charge in [0.2, 0.25) is 0 Å². The number of nitrogens with one attached hydrogen (secondary N) is 1. The molecular weight excluding hydrogens is 529 g/mol. The lowest BCUT2D eigenvalue weighted by atomic mass is 9.71. The molecule has 1 fully saturated rings. The Morgan fingerprint density at radius 3 is 2.05 bits per heavy atom. The zero-order chi connectivity index (χ0) is 29.3. The highest BCUT2D eigenvalue weighted by molar-refractivity contribution is 5.86. The Kier molecular flexibility index (Phi) is 8.05. The van der Waals surface area contributed by atoms with Gasteiger partial charge in [0.25, 0.3) is 0 Å². The van der Waals surface area contributed by atoms with Crippen LogP contribution < -0.4 is 5.32 Å². The van der Waals surface area contributed by atoms with E-state index in [0.717, 1.165) is 27.2 Å². The number of nitrogens with zero attached hydrogens (tertiary/aromatic N) is 1. The third-order valence-corrected chi connectivity index (χ3v) is 7.20. The highest BCUT2D eigenvalue weighted by atomic mass is 19.4. The molecule has 8 nitrogen and oxygen atoms in total. The summed E-state index contributed by atoms with van der Waals surface area (Å²) in [5.41, 5.74) is 1.28. The van der Waals surface area contributed by atoms with Crippen LogP contribution in [0.25, 0.3) is 11.1 Å². The maximum Gasteiger partial charge on any atom is 0.410 e. The second-order valence-corrected chi connectivity index (χ2v) is 11.3. The molecule has 2 aliphatic carbocycles. The minimum absolute atomic E-state index is 0.113. The van der Waals surface area contributed by atoms with Crippen LogP contribution in [-0.2, 0) is 14.3 Å². The Bertz CT molecular complexity index is 1220. The predicted molar refractivity (Wildman–Crippen MR) is 140 cm³/mol. The minimum atomic E-state index is -4.47. The number of carboxylic acid groups (broad SMARTS) is 1. The van der Waals surface area contributed by atoms with Crippen LogP contribution in [0.15, 0.2) is 48.5 Å². The van der Waals surface area contributed by atoms with Crippen molar-refractivity contribution in [3.05, 3.63) is 59.7 Å². The molecule has 0 spiro atoms. The van der Waals surface area contributed by atoms with E-state index in [1.165, 1.54) is 0 Å². The molecule has 0 atom stereocenters. The third kappa shape index (κ3) is 6.34. The second-order valence-electron chi connectivity index (χ2n) is 11.3. The van der Waals surface area contributed by atoms with Crippen molar-refractivity contribution in [2.75, 3.05) is 13.2 Å². The molecule has 2 amide bonds. The fraction of sp³-hybridized carbons (Fsp3) is 0.483. The summed E-state index contributed by atoms with van der Waals surface area (Å²) in [6.45, 7) is 4.44. The van der Waals surface area contributed by atoms with Crippen molar-refractivity contribution in [3.63, 3.8) is 0 Å². The molecule has 216 valence electrons. The first-order valence-electron chi connectivity index (χ1n) is 13.1. The van der Waals surface area contributed by atoms with Crippen molar-refractivity contribution in [2.24, 2.45) is 0 Å². The molecule has 2 aliphatic rings. The predicted octanol–water partition coefficient (Wildman–Crippen LogP) is 6.09. The number of aliphatic carboxylic acids is 1. The number of ether oxygens (including phenoxy) is 2. The number of hydrogen-bond donors (Lipinski definition) is 2. The average molecular weight is 563 g/mol. The van der Waals surface area contributed by atoms with Crippen LogP contribution in [0.1, 0.15) is 63.5 Å². The number of amides is 2. The van der Waals surface area contributed by atoms with E-state index in [1.54, 1.807) is 20.8 Å². The van der Waals surface area contributed by atoms with E-state index in [0.29, 0.717) is 0 Å². The standard InChI is InChI=1S/C29H33F3N2O6/c1-27(2,3)40-25(37)33-18-15-28(16-18,24(35)36)34(14-8-13-29(30,31)32)26(38)39-17-23-21-11-6-4-9-19(21)20-10-5-7-12-22(20)23/h4-7,9-12,18,23H,8,13-17H2,1-3H3,(H,33,37)(H,35,36). The molecule has 1 saturated carbocycles. The maximum atomic E-state index is 13.4. The molecule has 0 unspecified atom stereocenters. The molecule has 4 rings (SSSR count). The summed E-state index contributed by atoms with van der Waals surface area (Å²) in [6.07, 6.45) is -8.30. The molecule has 0 heterocycles. The third-order valence-electron chi connectivity index (χ3n) is 7.20. The van der Waals surface area contributed by atoms with Crippen molar-refractivity contribution in [2.45, 2.75) is 75.7 Å². The summed E-state index contributed by atoms with van der Waals surface area (Å²) >= 11 is 0. The van der Waals surface area contributed by atoms with Crippen LogP contribution >= 0.6 is 0 Å². The number of benzene rings is 2. The summed E-state index contributed by atoms with van der Waals surface area (Å²) < 4.78 is 49.6. The van der Waals surface area contributed by atoms with Crippen molar-refractivity contribution in [1.82, 2.24) is 10.2 Å². The SMILES string of the molecule is CC(C)(C)OC(=O)NC1CC(C(=O)O)(N(CCCC(F)(F)F)C(=O)OCC2c3ccccc3-c3ccccc32)C1. The number of carboxylic acids is 1. The van der Waals surface area contributed by atoms with Gasteiger partial charge in [-0.05, 0) is 49.4 Å². The molecule has 0 aromatic heterocycles. The molecule has 2 N–H and O–H groups in total. The molecule has 40 heavy (non-hydrogen) atoms. The summed E-state index contributed by atoms with van der Waals surface area (Å²) in [7, 11) is 0. The van der Waals surface area contributed by atoms with Crippen LogP contribution in [0.3, 0.4) is 0 Å². The van der Waals surface area contributed by atoms with Crippen molar-refractivity contribution >= 4 is 18.2 Å². The van der Waals surface area contributed by atoms with E-state index >= 15 is 0 Å². The van der Waals surface area contributed by atoms with Crippen molar-refractivity contribution in [1.29, 1.82) is 0 Å². The van der Waals surface area contributed by atoms with E-state index in [-0.39, 0.29) is 25.4 Å². The van der Waals surface area contributed by atoms with Gasteiger partial charge in [-0.25, -0.2) is 14.4 Å². The van der Waals surface area contributed by atoms with Gasteiger partial charge in [-0.15, -0.1) is 0 Å². The largest absolute Gasteiger partial charge is 0.479 e. The van der Waals surface area contributed by atoms with Crippen LogP contribution in [0.4, 0.5) is 22.8 Å². The minimum Gasteiger partial charge on any atom is -0.479 e. The smallest absolute Gasteiger partial charge is 0.410 e. The molecule has 0 radical (unpaired) electrons. The van der Waals surface area contributed by atoms with E-state index < -0.39 is 60.9 Å². The van der Waals surface area contributed by atoms with Gasteiger partial charge in [0.15, 0.2) is 0 Å². The van der Waals surface area contributed by atoms with Gasteiger partial charge in [-0.1, -0.05) is 48.5 Å². The zero-order valence-corrected chi connectivity index (χ0v) is 22.6. The van der Waals surface area contributed by atoms with E-state index in [2.05, 4.69) is 5.32 Å². The van der Waals surface area contributed by atoms with Crippen LogP contribution in [0, 0.1) is 0 Å². The van der Waals surface area contributed by atoms with Crippen LogP contribution in [-0.4, -0.2) is 64.7 Å².